The maximum atomic E-state index is 12.4. The van der Waals surface area contributed by atoms with Gasteiger partial charge in [-0.15, -0.1) is 0 Å². The second-order valence-electron chi connectivity index (χ2n) is 6.37. The summed E-state index contributed by atoms with van der Waals surface area (Å²) in [5.41, 5.74) is 1.95. The molecule has 1 aliphatic rings. The molecule has 0 aliphatic carbocycles. The van der Waals surface area contributed by atoms with Crippen molar-refractivity contribution < 1.29 is 14.3 Å². The highest BCUT2D eigenvalue weighted by Crippen LogP contribution is 2.19. The van der Waals surface area contributed by atoms with E-state index in [1.165, 1.54) is 5.56 Å². The van der Waals surface area contributed by atoms with Gasteiger partial charge in [0.25, 0.3) is 5.91 Å². The monoisotopic (exact) mass is 332 g/mol. The third-order valence-corrected chi connectivity index (χ3v) is 4.71. The largest absolute Gasteiger partial charge is 0.450 e. The zero-order valence-corrected chi connectivity index (χ0v) is 14.9. The number of piperidine rings is 1. The first kappa shape index (κ1) is 18.3. The Bertz CT molecular complexity index is 548. The van der Waals surface area contributed by atoms with E-state index in [9.17, 15) is 9.59 Å². The summed E-state index contributed by atoms with van der Waals surface area (Å²) in [4.78, 5) is 25.7. The van der Waals surface area contributed by atoms with Crippen molar-refractivity contribution in [3.8, 4) is 0 Å². The molecule has 2 amide bonds. The number of benzene rings is 1. The summed E-state index contributed by atoms with van der Waals surface area (Å²) in [5, 5.41) is 3.07. The molecule has 1 saturated heterocycles. The maximum absolute atomic E-state index is 12.4. The molecule has 1 aliphatic heterocycles. The van der Waals surface area contributed by atoms with Gasteiger partial charge in [-0.3, -0.25) is 4.79 Å². The standard InChI is InChI=1S/C19H28N2O3/c1-4-14(3)15-6-8-16(9-7-15)18(22)20-17-10-12-21(13-11-17)19(23)24-5-2/h6-9,14,17H,4-5,10-13H2,1-3H3,(H,20,22). The van der Waals surface area contributed by atoms with Crippen molar-refractivity contribution in [2.75, 3.05) is 19.7 Å². The zero-order chi connectivity index (χ0) is 17.5. The SMILES string of the molecule is CCOC(=O)N1CCC(NC(=O)c2ccc(C(C)CC)cc2)CC1. The quantitative estimate of drug-likeness (QED) is 0.897. The molecule has 1 heterocycles. The fourth-order valence-corrected chi connectivity index (χ4v) is 2.89. The van der Waals surface area contributed by atoms with E-state index in [-0.39, 0.29) is 18.0 Å². The molecule has 1 N–H and O–H groups in total. The van der Waals surface area contributed by atoms with Crippen LogP contribution in [0.5, 0.6) is 0 Å². The fraction of sp³-hybridized carbons (Fsp3) is 0.579. The van der Waals surface area contributed by atoms with Crippen molar-refractivity contribution >= 4 is 12.0 Å². The van der Waals surface area contributed by atoms with E-state index in [4.69, 9.17) is 4.74 Å². The highest BCUT2D eigenvalue weighted by Gasteiger charge is 2.24. The Morgan fingerprint density at radius 2 is 1.83 bits per heavy atom. The molecule has 0 aromatic heterocycles. The van der Waals surface area contributed by atoms with Crippen LogP contribution in [0.15, 0.2) is 24.3 Å². The number of amides is 2. The Morgan fingerprint density at radius 3 is 2.38 bits per heavy atom. The van der Waals surface area contributed by atoms with Crippen molar-refractivity contribution in [3.05, 3.63) is 35.4 Å². The van der Waals surface area contributed by atoms with Gasteiger partial charge in [0, 0.05) is 24.7 Å². The Morgan fingerprint density at radius 1 is 1.21 bits per heavy atom. The van der Waals surface area contributed by atoms with E-state index in [2.05, 4.69) is 19.2 Å². The second kappa shape index (κ2) is 8.71. The third-order valence-electron chi connectivity index (χ3n) is 4.71. The van der Waals surface area contributed by atoms with E-state index in [0.717, 1.165) is 19.3 Å². The molecule has 2 rings (SSSR count). The van der Waals surface area contributed by atoms with Crippen LogP contribution in [0.25, 0.3) is 0 Å². The number of hydrogen-bond donors (Lipinski definition) is 1. The average molecular weight is 332 g/mol. The van der Waals surface area contributed by atoms with Gasteiger partial charge in [0.15, 0.2) is 0 Å². The normalized spacial score (nSPS) is 16.5. The summed E-state index contributed by atoms with van der Waals surface area (Å²) in [5.74, 6) is 0.467. The molecule has 5 nitrogen and oxygen atoms in total. The number of hydrogen-bond acceptors (Lipinski definition) is 3. The molecule has 1 atom stereocenters. The molecule has 1 aromatic carbocycles. The van der Waals surface area contributed by atoms with Gasteiger partial charge in [0.05, 0.1) is 6.61 Å². The van der Waals surface area contributed by atoms with E-state index < -0.39 is 0 Å². The molecule has 0 spiro atoms. The fourth-order valence-electron chi connectivity index (χ4n) is 2.89. The molecule has 24 heavy (non-hydrogen) atoms. The predicted molar refractivity (Wildman–Crippen MR) is 94.2 cm³/mol. The van der Waals surface area contributed by atoms with Crippen LogP contribution in [0, 0.1) is 0 Å². The lowest BCUT2D eigenvalue weighted by Crippen LogP contribution is -2.46. The Balaban J connectivity index is 1.84. The number of likely N-dealkylation sites (tertiary alicyclic amines) is 1. The number of nitrogens with one attached hydrogen (secondary N) is 1. The Labute approximate surface area is 144 Å². The summed E-state index contributed by atoms with van der Waals surface area (Å²) >= 11 is 0. The van der Waals surface area contributed by atoms with Gasteiger partial charge in [-0.05, 0) is 49.8 Å². The summed E-state index contributed by atoms with van der Waals surface area (Å²) < 4.78 is 5.01. The van der Waals surface area contributed by atoms with Crippen molar-refractivity contribution in [2.24, 2.45) is 0 Å². The number of nitrogens with zero attached hydrogens (tertiary/aromatic N) is 1. The molecule has 0 saturated carbocycles. The number of carbonyl (C=O) groups excluding carboxylic acids is 2. The first-order valence-corrected chi connectivity index (χ1v) is 8.87. The van der Waals surface area contributed by atoms with Crippen LogP contribution in [0.4, 0.5) is 4.79 Å². The number of carbonyl (C=O) groups is 2. The highest BCUT2D eigenvalue weighted by atomic mass is 16.6. The molecule has 0 radical (unpaired) electrons. The summed E-state index contributed by atoms with van der Waals surface area (Å²) in [6.07, 6.45) is 2.35. The summed E-state index contributed by atoms with van der Waals surface area (Å²) in [6, 6.07) is 7.96. The van der Waals surface area contributed by atoms with Crippen LogP contribution < -0.4 is 5.32 Å². The predicted octanol–water partition coefficient (Wildman–Crippen LogP) is 3.55. The van der Waals surface area contributed by atoms with E-state index in [1.54, 1.807) is 11.8 Å². The summed E-state index contributed by atoms with van der Waals surface area (Å²) in [6.45, 7) is 7.79. The molecular weight excluding hydrogens is 304 g/mol. The van der Waals surface area contributed by atoms with E-state index >= 15 is 0 Å². The topological polar surface area (TPSA) is 58.6 Å². The average Bonchev–Trinajstić information content (AvgIpc) is 2.62. The van der Waals surface area contributed by atoms with Crippen molar-refractivity contribution in [2.45, 2.75) is 52.0 Å². The van der Waals surface area contributed by atoms with Crippen molar-refractivity contribution in [1.82, 2.24) is 10.2 Å². The van der Waals surface area contributed by atoms with Crippen LogP contribution in [-0.2, 0) is 4.74 Å². The van der Waals surface area contributed by atoms with Crippen LogP contribution in [0.3, 0.4) is 0 Å². The zero-order valence-electron chi connectivity index (χ0n) is 14.9. The van der Waals surface area contributed by atoms with Gasteiger partial charge in [0.2, 0.25) is 0 Å². The van der Waals surface area contributed by atoms with E-state index in [1.807, 2.05) is 24.3 Å². The molecule has 132 valence electrons. The molecule has 1 fully saturated rings. The van der Waals surface area contributed by atoms with E-state index in [0.29, 0.717) is 31.2 Å². The number of ether oxygens (including phenoxy) is 1. The van der Waals surface area contributed by atoms with Crippen LogP contribution in [0.1, 0.15) is 61.9 Å². The Kier molecular flexibility index (Phi) is 6.64. The van der Waals surface area contributed by atoms with Gasteiger partial charge in [0.1, 0.15) is 0 Å². The summed E-state index contributed by atoms with van der Waals surface area (Å²) in [7, 11) is 0. The van der Waals surface area contributed by atoms with Crippen LogP contribution >= 0.6 is 0 Å². The molecular formula is C19H28N2O3. The Hall–Kier alpha value is -2.04. The maximum Gasteiger partial charge on any atom is 0.409 e. The van der Waals surface area contributed by atoms with Gasteiger partial charge < -0.3 is 15.0 Å². The smallest absolute Gasteiger partial charge is 0.409 e. The minimum atomic E-state index is -0.261. The van der Waals surface area contributed by atoms with Gasteiger partial charge in [-0.2, -0.15) is 0 Å². The molecule has 5 heteroatoms. The third kappa shape index (κ3) is 4.73. The number of rotatable bonds is 5. The minimum absolute atomic E-state index is 0.0414. The van der Waals surface area contributed by atoms with Gasteiger partial charge in [-0.25, -0.2) is 4.79 Å². The lowest BCUT2D eigenvalue weighted by Gasteiger charge is -2.31. The second-order valence-corrected chi connectivity index (χ2v) is 6.37. The first-order chi connectivity index (χ1) is 11.5. The van der Waals surface area contributed by atoms with Crippen LogP contribution in [-0.4, -0.2) is 42.6 Å². The van der Waals surface area contributed by atoms with Crippen molar-refractivity contribution in [1.29, 1.82) is 0 Å². The van der Waals surface area contributed by atoms with Gasteiger partial charge in [-0.1, -0.05) is 26.0 Å². The highest BCUT2D eigenvalue weighted by molar-refractivity contribution is 5.94. The van der Waals surface area contributed by atoms with Crippen molar-refractivity contribution in [3.63, 3.8) is 0 Å². The first-order valence-electron chi connectivity index (χ1n) is 8.87. The molecule has 1 aromatic rings. The minimum Gasteiger partial charge on any atom is -0.450 e. The lowest BCUT2D eigenvalue weighted by molar-refractivity contribution is 0.0860. The molecule has 0 bridgehead atoms. The molecule has 1 unspecified atom stereocenters. The lowest BCUT2D eigenvalue weighted by atomic mass is 9.97. The van der Waals surface area contributed by atoms with Gasteiger partial charge >= 0.3 is 6.09 Å². The van der Waals surface area contributed by atoms with Crippen LogP contribution in [0.2, 0.25) is 0 Å².